The molecule has 1 heterocycles. The fourth-order valence-electron chi connectivity index (χ4n) is 1.77. The maximum absolute atomic E-state index is 13.2. The van der Waals surface area contributed by atoms with Gasteiger partial charge in [0.1, 0.15) is 11.6 Å². The molecule has 0 spiro atoms. The number of rotatable bonds is 1. The Morgan fingerprint density at radius 2 is 1.92 bits per heavy atom. The van der Waals surface area contributed by atoms with Gasteiger partial charge < -0.3 is 5.32 Å². The summed E-state index contributed by atoms with van der Waals surface area (Å²) >= 11 is 0. The molecular formula is C10H11F2N. The number of nitrogens with one attached hydrogen (secondary N) is 1. The molecule has 1 saturated heterocycles. The van der Waals surface area contributed by atoms with E-state index in [9.17, 15) is 8.78 Å². The summed E-state index contributed by atoms with van der Waals surface area (Å²) < 4.78 is 26.4. The third-order valence-electron chi connectivity index (χ3n) is 2.41. The van der Waals surface area contributed by atoms with Crippen LogP contribution in [0.5, 0.6) is 0 Å². The first kappa shape index (κ1) is 8.63. The van der Waals surface area contributed by atoms with Gasteiger partial charge in [0.25, 0.3) is 0 Å². The van der Waals surface area contributed by atoms with Gasteiger partial charge in [-0.1, -0.05) is 6.07 Å². The van der Waals surface area contributed by atoms with Crippen LogP contribution in [0.1, 0.15) is 24.4 Å². The van der Waals surface area contributed by atoms with Gasteiger partial charge in [-0.3, -0.25) is 0 Å². The first-order chi connectivity index (χ1) is 6.29. The lowest BCUT2D eigenvalue weighted by Gasteiger charge is -2.12. The molecule has 70 valence electrons. The molecule has 3 heteroatoms. The minimum atomic E-state index is -0.445. The van der Waals surface area contributed by atoms with Gasteiger partial charge in [0, 0.05) is 11.6 Å². The van der Waals surface area contributed by atoms with Crippen LogP contribution in [0.25, 0.3) is 0 Å². The van der Waals surface area contributed by atoms with Crippen molar-refractivity contribution in [2.45, 2.75) is 18.9 Å². The van der Waals surface area contributed by atoms with Gasteiger partial charge in [-0.05, 0) is 31.5 Å². The smallest absolute Gasteiger partial charge is 0.130 e. The van der Waals surface area contributed by atoms with Gasteiger partial charge in [-0.15, -0.1) is 0 Å². The zero-order valence-corrected chi connectivity index (χ0v) is 7.19. The van der Waals surface area contributed by atoms with Crippen molar-refractivity contribution in [3.8, 4) is 0 Å². The summed E-state index contributed by atoms with van der Waals surface area (Å²) in [5.74, 6) is -0.890. The molecule has 0 bridgehead atoms. The van der Waals surface area contributed by atoms with Crippen LogP contribution < -0.4 is 5.32 Å². The second-order valence-electron chi connectivity index (χ2n) is 3.28. The fourth-order valence-corrected chi connectivity index (χ4v) is 1.77. The highest BCUT2D eigenvalue weighted by atomic mass is 19.1. The normalized spacial score (nSPS) is 22.2. The molecular weight excluding hydrogens is 172 g/mol. The average Bonchev–Trinajstić information content (AvgIpc) is 2.57. The monoisotopic (exact) mass is 183 g/mol. The second kappa shape index (κ2) is 3.42. The molecule has 2 rings (SSSR count). The Morgan fingerprint density at radius 3 is 2.46 bits per heavy atom. The Balaban J connectivity index is 2.37. The van der Waals surface area contributed by atoms with E-state index in [4.69, 9.17) is 0 Å². The summed E-state index contributed by atoms with van der Waals surface area (Å²) in [5.41, 5.74) is 0.194. The molecule has 0 unspecified atom stereocenters. The number of halogens is 2. The van der Waals surface area contributed by atoms with Crippen molar-refractivity contribution in [2.75, 3.05) is 6.54 Å². The average molecular weight is 183 g/mol. The van der Waals surface area contributed by atoms with Crippen molar-refractivity contribution in [1.29, 1.82) is 0 Å². The van der Waals surface area contributed by atoms with Crippen LogP contribution in [0.15, 0.2) is 18.2 Å². The summed E-state index contributed by atoms with van der Waals surface area (Å²) in [4.78, 5) is 0. The molecule has 0 aromatic heterocycles. The lowest BCUT2D eigenvalue weighted by atomic mass is 10.0. The highest BCUT2D eigenvalue weighted by Gasteiger charge is 2.22. The quantitative estimate of drug-likeness (QED) is 0.704. The van der Waals surface area contributed by atoms with Gasteiger partial charge >= 0.3 is 0 Å². The molecule has 1 aromatic rings. The Morgan fingerprint density at radius 1 is 1.23 bits per heavy atom. The molecule has 0 amide bonds. The lowest BCUT2D eigenvalue weighted by Crippen LogP contribution is -2.15. The molecule has 13 heavy (non-hydrogen) atoms. The van der Waals surface area contributed by atoms with Crippen molar-refractivity contribution >= 4 is 0 Å². The van der Waals surface area contributed by atoms with E-state index in [1.54, 1.807) is 0 Å². The molecule has 1 N–H and O–H groups in total. The van der Waals surface area contributed by atoms with Crippen LogP contribution in [0.3, 0.4) is 0 Å². The van der Waals surface area contributed by atoms with Gasteiger partial charge in [-0.25, -0.2) is 8.78 Å². The standard InChI is InChI=1S/C10H11F2N/c11-7-3-1-4-8(12)10(7)9-5-2-6-13-9/h1,3-4,9,13H,2,5-6H2/t9-/m1/s1. The largest absolute Gasteiger partial charge is 0.310 e. The summed E-state index contributed by atoms with van der Waals surface area (Å²) in [5, 5.41) is 3.07. The minimum absolute atomic E-state index is 0.138. The number of hydrogen-bond donors (Lipinski definition) is 1. The first-order valence-corrected chi connectivity index (χ1v) is 4.46. The van der Waals surface area contributed by atoms with E-state index in [1.807, 2.05) is 0 Å². The van der Waals surface area contributed by atoms with Gasteiger partial charge in [0.2, 0.25) is 0 Å². The lowest BCUT2D eigenvalue weighted by molar-refractivity contribution is 0.507. The topological polar surface area (TPSA) is 12.0 Å². The zero-order chi connectivity index (χ0) is 9.26. The Kier molecular flexibility index (Phi) is 2.27. The predicted molar refractivity (Wildman–Crippen MR) is 46.3 cm³/mol. The van der Waals surface area contributed by atoms with E-state index in [0.29, 0.717) is 0 Å². The highest BCUT2D eigenvalue weighted by molar-refractivity contribution is 5.23. The van der Waals surface area contributed by atoms with Crippen molar-refractivity contribution in [3.63, 3.8) is 0 Å². The van der Waals surface area contributed by atoms with Gasteiger partial charge in [0.05, 0.1) is 0 Å². The third kappa shape index (κ3) is 1.56. The van der Waals surface area contributed by atoms with E-state index in [2.05, 4.69) is 5.32 Å². The first-order valence-electron chi connectivity index (χ1n) is 4.46. The van der Waals surface area contributed by atoms with E-state index in [0.717, 1.165) is 19.4 Å². The Labute approximate surface area is 75.8 Å². The molecule has 0 aliphatic carbocycles. The van der Waals surface area contributed by atoms with E-state index < -0.39 is 11.6 Å². The molecule has 1 aromatic carbocycles. The van der Waals surface area contributed by atoms with Gasteiger partial charge in [-0.2, -0.15) is 0 Å². The minimum Gasteiger partial charge on any atom is -0.310 e. The molecule has 1 aliphatic rings. The SMILES string of the molecule is Fc1cccc(F)c1[C@H]1CCCN1. The molecule has 1 aliphatic heterocycles. The molecule has 1 nitrogen and oxygen atoms in total. The van der Waals surface area contributed by atoms with Crippen molar-refractivity contribution in [2.24, 2.45) is 0 Å². The van der Waals surface area contributed by atoms with Crippen LogP contribution in [0.4, 0.5) is 8.78 Å². The molecule has 1 fully saturated rings. The van der Waals surface area contributed by atoms with E-state index in [1.165, 1.54) is 18.2 Å². The summed E-state index contributed by atoms with van der Waals surface area (Å²) in [6.45, 7) is 0.846. The predicted octanol–water partition coefficient (Wildman–Crippen LogP) is 2.39. The van der Waals surface area contributed by atoms with Crippen molar-refractivity contribution in [3.05, 3.63) is 35.4 Å². The Hall–Kier alpha value is -0.960. The number of benzene rings is 1. The third-order valence-corrected chi connectivity index (χ3v) is 2.41. The maximum Gasteiger partial charge on any atom is 0.130 e. The highest BCUT2D eigenvalue weighted by Crippen LogP contribution is 2.27. The van der Waals surface area contributed by atoms with Crippen LogP contribution in [0, 0.1) is 11.6 Å². The summed E-state index contributed by atoms with van der Waals surface area (Å²) in [7, 11) is 0. The summed E-state index contributed by atoms with van der Waals surface area (Å²) in [6.07, 6.45) is 1.80. The molecule has 0 radical (unpaired) electrons. The Bertz CT molecular complexity index is 286. The van der Waals surface area contributed by atoms with Crippen LogP contribution in [-0.4, -0.2) is 6.54 Å². The van der Waals surface area contributed by atoms with Crippen LogP contribution in [-0.2, 0) is 0 Å². The van der Waals surface area contributed by atoms with Crippen LogP contribution in [0.2, 0.25) is 0 Å². The summed E-state index contributed by atoms with van der Waals surface area (Å²) in [6, 6.07) is 3.86. The maximum atomic E-state index is 13.2. The van der Waals surface area contributed by atoms with E-state index in [-0.39, 0.29) is 11.6 Å². The second-order valence-corrected chi connectivity index (χ2v) is 3.28. The van der Waals surface area contributed by atoms with Crippen molar-refractivity contribution in [1.82, 2.24) is 5.32 Å². The number of hydrogen-bond acceptors (Lipinski definition) is 1. The molecule has 1 atom stereocenters. The fraction of sp³-hybridized carbons (Fsp3) is 0.400. The van der Waals surface area contributed by atoms with Gasteiger partial charge in [0.15, 0.2) is 0 Å². The van der Waals surface area contributed by atoms with Crippen LogP contribution >= 0.6 is 0 Å². The van der Waals surface area contributed by atoms with Crippen molar-refractivity contribution < 1.29 is 8.78 Å². The zero-order valence-electron chi connectivity index (χ0n) is 7.19. The van der Waals surface area contributed by atoms with E-state index >= 15 is 0 Å². The molecule has 0 saturated carbocycles.